The topological polar surface area (TPSA) is 114 Å². The molecule has 0 fully saturated rings. The van der Waals surface area contributed by atoms with E-state index in [4.69, 9.17) is 11.6 Å². The molecule has 0 aliphatic carbocycles. The molecule has 30 heavy (non-hydrogen) atoms. The highest BCUT2D eigenvalue weighted by atomic mass is 35.5. The van der Waals surface area contributed by atoms with Crippen molar-refractivity contribution in [3.8, 4) is 0 Å². The molecule has 1 unspecified atom stereocenters. The van der Waals surface area contributed by atoms with Crippen LogP contribution in [0.4, 0.5) is 11.4 Å². The number of anilines is 1. The molecule has 1 atom stereocenters. The van der Waals surface area contributed by atoms with Crippen molar-refractivity contribution >= 4 is 34.8 Å². The molecule has 2 N–H and O–H groups in total. The van der Waals surface area contributed by atoms with Crippen molar-refractivity contribution in [1.82, 2.24) is 10.3 Å². The molecule has 152 valence electrons. The first kappa shape index (κ1) is 20.9. The van der Waals surface area contributed by atoms with Gasteiger partial charge in [0.2, 0.25) is 5.91 Å². The van der Waals surface area contributed by atoms with Crippen LogP contribution in [0.25, 0.3) is 0 Å². The van der Waals surface area contributed by atoms with Gasteiger partial charge in [-0.3, -0.25) is 24.7 Å². The Bertz CT molecular complexity index is 1080. The van der Waals surface area contributed by atoms with Crippen molar-refractivity contribution in [2.24, 2.45) is 0 Å². The second kappa shape index (κ2) is 9.62. The van der Waals surface area contributed by atoms with E-state index < -0.39 is 22.8 Å². The van der Waals surface area contributed by atoms with Gasteiger partial charge in [-0.05, 0) is 23.8 Å². The number of hydrogen-bond acceptors (Lipinski definition) is 5. The summed E-state index contributed by atoms with van der Waals surface area (Å²) in [6, 6.07) is 16.2. The summed E-state index contributed by atoms with van der Waals surface area (Å²) in [4.78, 5) is 39.5. The number of amides is 2. The maximum atomic E-state index is 12.7. The zero-order valence-corrected chi connectivity index (χ0v) is 16.4. The minimum absolute atomic E-state index is 0.0317. The first-order chi connectivity index (χ1) is 14.5. The summed E-state index contributed by atoms with van der Waals surface area (Å²) in [5, 5.41) is 16.7. The predicted molar refractivity (Wildman–Crippen MR) is 112 cm³/mol. The van der Waals surface area contributed by atoms with Gasteiger partial charge in [0.25, 0.3) is 5.91 Å². The second-order valence-electron chi connectivity index (χ2n) is 6.32. The number of pyridine rings is 1. The number of rotatable bonds is 7. The lowest BCUT2D eigenvalue weighted by Gasteiger charge is -2.19. The molecule has 0 spiro atoms. The normalized spacial score (nSPS) is 11.4. The molecule has 3 rings (SSSR count). The van der Waals surface area contributed by atoms with Crippen LogP contribution in [0.3, 0.4) is 0 Å². The highest BCUT2D eigenvalue weighted by molar-refractivity contribution is 6.33. The third-order valence-electron chi connectivity index (χ3n) is 4.29. The predicted octanol–water partition coefficient (Wildman–Crippen LogP) is 4.14. The van der Waals surface area contributed by atoms with Crippen LogP contribution in [0.2, 0.25) is 5.02 Å². The van der Waals surface area contributed by atoms with Crippen LogP contribution in [0.1, 0.15) is 28.4 Å². The lowest BCUT2D eigenvalue weighted by atomic mass is 10.0. The number of halogens is 1. The molecule has 0 saturated heterocycles. The molecule has 2 aromatic carbocycles. The fraction of sp³-hybridized carbons (Fsp3) is 0.0952. The third-order valence-corrected chi connectivity index (χ3v) is 4.62. The third kappa shape index (κ3) is 5.18. The zero-order chi connectivity index (χ0) is 21.5. The van der Waals surface area contributed by atoms with Crippen LogP contribution in [0.15, 0.2) is 73.1 Å². The lowest BCUT2D eigenvalue weighted by molar-refractivity contribution is -0.384. The van der Waals surface area contributed by atoms with Crippen molar-refractivity contribution in [1.29, 1.82) is 0 Å². The fourth-order valence-electron chi connectivity index (χ4n) is 2.84. The van der Waals surface area contributed by atoms with Crippen LogP contribution < -0.4 is 10.6 Å². The van der Waals surface area contributed by atoms with Gasteiger partial charge in [0, 0.05) is 6.20 Å². The quantitative estimate of drug-likeness (QED) is 0.437. The Kier molecular flexibility index (Phi) is 6.71. The van der Waals surface area contributed by atoms with Crippen molar-refractivity contribution in [3.05, 3.63) is 99.3 Å². The van der Waals surface area contributed by atoms with Crippen LogP contribution in [0.5, 0.6) is 0 Å². The average molecular weight is 425 g/mol. The Morgan fingerprint density at radius 3 is 2.47 bits per heavy atom. The van der Waals surface area contributed by atoms with Gasteiger partial charge in [0.15, 0.2) is 0 Å². The Labute approximate surface area is 177 Å². The van der Waals surface area contributed by atoms with Crippen LogP contribution in [0, 0.1) is 10.1 Å². The average Bonchev–Trinajstić information content (AvgIpc) is 2.74. The first-order valence-corrected chi connectivity index (χ1v) is 9.32. The Balaban J connectivity index is 1.80. The van der Waals surface area contributed by atoms with E-state index in [0.717, 1.165) is 6.20 Å². The summed E-state index contributed by atoms with van der Waals surface area (Å²) >= 11 is 6.10. The molecule has 1 heterocycles. The van der Waals surface area contributed by atoms with Gasteiger partial charge in [-0.25, -0.2) is 0 Å². The van der Waals surface area contributed by atoms with Gasteiger partial charge >= 0.3 is 5.69 Å². The number of aromatic nitrogens is 1. The Hall–Kier alpha value is -3.78. The van der Waals surface area contributed by atoms with E-state index in [2.05, 4.69) is 15.6 Å². The Morgan fingerprint density at radius 2 is 1.77 bits per heavy atom. The van der Waals surface area contributed by atoms with Crippen molar-refractivity contribution in [3.63, 3.8) is 0 Å². The number of carbonyl (C=O) groups excluding carboxylic acids is 2. The standard InChI is InChI=1S/C21H17ClN4O4/c22-16-9-5-4-8-15(16)21(28)25-18(14-6-2-1-3-7-14)12-20(27)24-17-10-11-23-13-19(17)26(29)30/h1-11,13,18H,12H2,(H,25,28)(H,23,24,27). The van der Waals surface area contributed by atoms with Crippen LogP contribution in [-0.4, -0.2) is 21.7 Å². The zero-order valence-electron chi connectivity index (χ0n) is 15.6. The van der Waals surface area contributed by atoms with E-state index in [9.17, 15) is 19.7 Å². The fourth-order valence-corrected chi connectivity index (χ4v) is 3.06. The largest absolute Gasteiger partial charge is 0.345 e. The van der Waals surface area contributed by atoms with Crippen molar-refractivity contribution in [2.45, 2.75) is 12.5 Å². The van der Waals surface area contributed by atoms with Gasteiger partial charge in [-0.15, -0.1) is 0 Å². The molecule has 0 saturated carbocycles. The summed E-state index contributed by atoms with van der Waals surface area (Å²) in [7, 11) is 0. The molecule has 2 amide bonds. The lowest BCUT2D eigenvalue weighted by Crippen LogP contribution is -2.31. The molecule has 0 radical (unpaired) electrons. The van der Waals surface area contributed by atoms with E-state index in [1.165, 1.54) is 12.3 Å². The molecule has 0 aliphatic heterocycles. The van der Waals surface area contributed by atoms with E-state index >= 15 is 0 Å². The number of hydrogen-bond donors (Lipinski definition) is 2. The summed E-state index contributed by atoms with van der Waals surface area (Å²) in [5.74, 6) is -0.935. The maximum Gasteiger partial charge on any atom is 0.310 e. The first-order valence-electron chi connectivity index (χ1n) is 8.94. The SMILES string of the molecule is O=C(CC(NC(=O)c1ccccc1Cl)c1ccccc1)Nc1ccncc1[N+](=O)[O-]. The molecule has 1 aromatic heterocycles. The highest BCUT2D eigenvalue weighted by Gasteiger charge is 2.22. The number of nitro groups is 1. The van der Waals surface area contributed by atoms with Gasteiger partial charge in [0.05, 0.1) is 28.0 Å². The van der Waals surface area contributed by atoms with Crippen LogP contribution in [-0.2, 0) is 4.79 Å². The molecule has 0 bridgehead atoms. The van der Waals surface area contributed by atoms with Crippen molar-refractivity contribution < 1.29 is 14.5 Å². The monoisotopic (exact) mass is 424 g/mol. The highest BCUT2D eigenvalue weighted by Crippen LogP contribution is 2.24. The van der Waals surface area contributed by atoms with E-state index in [1.54, 1.807) is 48.5 Å². The number of carbonyl (C=O) groups is 2. The van der Waals surface area contributed by atoms with Gasteiger partial charge in [-0.2, -0.15) is 0 Å². The molecular formula is C21H17ClN4O4. The number of benzene rings is 2. The molecule has 0 aliphatic rings. The number of nitrogens with zero attached hydrogens (tertiary/aromatic N) is 2. The van der Waals surface area contributed by atoms with Crippen molar-refractivity contribution in [2.75, 3.05) is 5.32 Å². The molecular weight excluding hydrogens is 408 g/mol. The van der Waals surface area contributed by atoms with Gasteiger partial charge in [0.1, 0.15) is 11.9 Å². The van der Waals surface area contributed by atoms with E-state index in [0.29, 0.717) is 10.6 Å². The molecule has 9 heteroatoms. The van der Waals surface area contributed by atoms with E-state index in [-0.39, 0.29) is 23.4 Å². The van der Waals surface area contributed by atoms with Gasteiger partial charge < -0.3 is 10.6 Å². The van der Waals surface area contributed by atoms with Gasteiger partial charge in [-0.1, -0.05) is 54.1 Å². The smallest absolute Gasteiger partial charge is 0.310 e. The summed E-state index contributed by atoms with van der Waals surface area (Å²) < 4.78 is 0. The summed E-state index contributed by atoms with van der Waals surface area (Å²) in [6.07, 6.45) is 2.26. The molecule has 8 nitrogen and oxygen atoms in total. The summed E-state index contributed by atoms with van der Waals surface area (Å²) in [5.41, 5.74) is 0.703. The maximum absolute atomic E-state index is 12.7. The van der Waals surface area contributed by atoms with Crippen LogP contribution >= 0.6 is 11.6 Å². The minimum Gasteiger partial charge on any atom is -0.345 e. The minimum atomic E-state index is -0.670. The Morgan fingerprint density at radius 1 is 1.07 bits per heavy atom. The second-order valence-corrected chi connectivity index (χ2v) is 6.73. The summed E-state index contributed by atoms with van der Waals surface area (Å²) in [6.45, 7) is 0. The molecule has 3 aromatic rings. The van der Waals surface area contributed by atoms with E-state index in [1.807, 2.05) is 6.07 Å². The number of nitrogens with one attached hydrogen (secondary N) is 2.